The first kappa shape index (κ1) is 20.9. The maximum absolute atomic E-state index is 12.2. The first-order chi connectivity index (χ1) is 14.6. The van der Waals surface area contributed by atoms with Gasteiger partial charge in [-0.15, -0.1) is 0 Å². The van der Waals surface area contributed by atoms with Crippen LogP contribution in [0.5, 0.6) is 11.5 Å². The van der Waals surface area contributed by atoms with Gasteiger partial charge in [-0.05, 0) is 42.0 Å². The maximum atomic E-state index is 12.2. The van der Waals surface area contributed by atoms with E-state index in [4.69, 9.17) is 9.47 Å². The van der Waals surface area contributed by atoms with Crippen molar-refractivity contribution in [1.29, 1.82) is 0 Å². The standard InChI is InChI=1S/C23H23N3O4/c1-3-30-21-12-11-16-7-4-5-10-19(16)20(21)14-25-26-22(27)15-24-23(28)17-8-6-9-18(13-17)29-2/h4-14H,3,15H2,1-2H3,(H,24,28)(H,26,27). The molecule has 3 aromatic carbocycles. The third-order valence-corrected chi connectivity index (χ3v) is 4.35. The second-order valence-electron chi connectivity index (χ2n) is 6.34. The molecule has 0 spiro atoms. The molecule has 0 fully saturated rings. The number of hydrogen-bond donors (Lipinski definition) is 2. The summed E-state index contributed by atoms with van der Waals surface area (Å²) in [6.45, 7) is 2.21. The van der Waals surface area contributed by atoms with Gasteiger partial charge in [0.05, 0.1) is 26.5 Å². The number of hydrazone groups is 1. The monoisotopic (exact) mass is 405 g/mol. The van der Waals surface area contributed by atoms with Crippen LogP contribution in [0, 0.1) is 0 Å². The summed E-state index contributed by atoms with van der Waals surface area (Å²) in [7, 11) is 1.52. The zero-order chi connectivity index (χ0) is 21.3. The summed E-state index contributed by atoms with van der Waals surface area (Å²) in [5.74, 6) is 0.429. The number of fused-ring (bicyclic) bond motifs is 1. The maximum Gasteiger partial charge on any atom is 0.259 e. The van der Waals surface area contributed by atoms with E-state index in [1.807, 2.05) is 43.3 Å². The summed E-state index contributed by atoms with van der Waals surface area (Å²) in [6, 6.07) is 18.4. The molecule has 3 rings (SSSR count). The Hall–Kier alpha value is -3.87. The molecule has 0 atom stereocenters. The molecule has 7 nitrogen and oxygen atoms in total. The van der Waals surface area contributed by atoms with Crippen molar-refractivity contribution in [1.82, 2.24) is 10.7 Å². The van der Waals surface area contributed by atoms with Crippen LogP contribution in [-0.4, -0.2) is 38.3 Å². The van der Waals surface area contributed by atoms with Crippen molar-refractivity contribution in [3.63, 3.8) is 0 Å². The number of nitrogens with zero attached hydrogens (tertiary/aromatic N) is 1. The van der Waals surface area contributed by atoms with Crippen LogP contribution >= 0.6 is 0 Å². The van der Waals surface area contributed by atoms with Gasteiger partial charge in [0.2, 0.25) is 0 Å². The number of carbonyl (C=O) groups excluding carboxylic acids is 2. The van der Waals surface area contributed by atoms with Gasteiger partial charge in [0.1, 0.15) is 11.5 Å². The topological polar surface area (TPSA) is 89.0 Å². The van der Waals surface area contributed by atoms with Gasteiger partial charge in [0.25, 0.3) is 11.8 Å². The van der Waals surface area contributed by atoms with Crippen molar-refractivity contribution in [3.8, 4) is 11.5 Å². The fourth-order valence-electron chi connectivity index (χ4n) is 2.93. The Morgan fingerprint density at radius 2 is 1.90 bits per heavy atom. The summed E-state index contributed by atoms with van der Waals surface area (Å²) in [4.78, 5) is 24.2. The number of rotatable bonds is 8. The Kier molecular flexibility index (Phi) is 7.00. The number of carbonyl (C=O) groups is 2. The predicted octanol–water partition coefficient (Wildman–Crippen LogP) is 3.13. The largest absolute Gasteiger partial charge is 0.497 e. The number of nitrogens with one attached hydrogen (secondary N) is 2. The molecule has 2 N–H and O–H groups in total. The van der Waals surface area contributed by atoms with Gasteiger partial charge >= 0.3 is 0 Å². The lowest BCUT2D eigenvalue weighted by molar-refractivity contribution is -0.120. The average Bonchev–Trinajstić information content (AvgIpc) is 2.78. The molecular weight excluding hydrogens is 382 g/mol. The Bertz CT molecular complexity index is 1080. The number of amides is 2. The molecule has 0 heterocycles. The van der Waals surface area contributed by atoms with Crippen LogP contribution in [0.4, 0.5) is 0 Å². The molecule has 3 aromatic rings. The molecule has 2 amide bonds. The number of benzene rings is 3. The fourth-order valence-corrected chi connectivity index (χ4v) is 2.93. The highest BCUT2D eigenvalue weighted by Crippen LogP contribution is 2.26. The first-order valence-electron chi connectivity index (χ1n) is 9.51. The molecule has 0 unspecified atom stereocenters. The molecule has 0 saturated heterocycles. The van der Waals surface area contributed by atoms with Crippen molar-refractivity contribution >= 4 is 28.8 Å². The zero-order valence-electron chi connectivity index (χ0n) is 16.8. The van der Waals surface area contributed by atoms with E-state index in [0.29, 0.717) is 23.7 Å². The minimum absolute atomic E-state index is 0.207. The Balaban J connectivity index is 1.63. The van der Waals surface area contributed by atoms with E-state index in [1.165, 1.54) is 7.11 Å². The van der Waals surface area contributed by atoms with Crippen molar-refractivity contribution < 1.29 is 19.1 Å². The van der Waals surface area contributed by atoms with Gasteiger partial charge in [-0.1, -0.05) is 36.4 Å². The van der Waals surface area contributed by atoms with Crippen molar-refractivity contribution in [2.45, 2.75) is 6.92 Å². The minimum Gasteiger partial charge on any atom is -0.497 e. The summed E-state index contributed by atoms with van der Waals surface area (Å²) in [5.41, 5.74) is 3.61. The summed E-state index contributed by atoms with van der Waals surface area (Å²) in [5, 5.41) is 8.60. The second kappa shape index (κ2) is 10.1. The van der Waals surface area contributed by atoms with E-state index >= 15 is 0 Å². The number of methoxy groups -OCH3 is 1. The lowest BCUT2D eigenvalue weighted by Crippen LogP contribution is -2.34. The Labute approximate surface area is 174 Å². The first-order valence-corrected chi connectivity index (χ1v) is 9.51. The summed E-state index contributed by atoms with van der Waals surface area (Å²) < 4.78 is 10.8. The molecule has 0 radical (unpaired) electrons. The van der Waals surface area contributed by atoms with Crippen LogP contribution < -0.4 is 20.2 Å². The Morgan fingerprint density at radius 1 is 1.07 bits per heavy atom. The molecule has 7 heteroatoms. The summed E-state index contributed by atoms with van der Waals surface area (Å²) in [6.07, 6.45) is 1.55. The normalized spacial score (nSPS) is 10.7. The van der Waals surface area contributed by atoms with Gasteiger partial charge in [-0.3, -0.25) is 9.59 Å². The molecule has 0 bridgehead atoms. The average molecular weight is 405 g/mol. The SMILES string of the molecule is CCOc1ccc2ccccc2c1C=NNC(=O)CNC(=O)c1cccc(OC)c1. The molecule has 0 saturated carbocycles. The highest BCUT2D eigenvalue weighted by molar-refractivity contribution is 6.03. The molecule has 0 aliphatic heterocycles. The van der Waals surface area contributed by atoms with Crippen molar-refractivity contribution in [2.75, 3.05) is 20.3 Å². The van der Waals surface area contributed by atoms with E-state index in [1.54, 1.807) is 30.5 Å². The highest BCUT2D eigenvalue weighted by atomic mass is 16.5. The molecule has 154 valence electrons. The molecular formula is C23H23N3O4. The molecule has 30 heavy (non-hydrogen) atoms. The predicted molar refractivity (Wildman–Crippen MR) is 116 cm³/mol. The van der Waals surface area contributed by atoms with Gasteiger partial charge in [-0.2, -0.15) is 5.10 Å². The van der Waals surface area contributed by atoms with Crippen LogP contribution in [0.3, 0.4) is 0 Å². The van der Waals surface area contributed by atoms with Crippen LogP contribution in [-0.2, 0) is 4.79 Å². The molecule has 0 aromatic heterocycles. The van der Waals surface area contributed by atoms with E-state index in [0.717, 1.165) is 16.3 Å². The van der Waals surface area contributed by atoms with Gasteiger partial charge in [0, 0.05) is 11.1 Å². The van der Waals surface area contributed by atoms with E-state index in [-0.39, 0.29) is 12.5 Å². The zero-order valence-corrected chi connectivity index (χ0v) is 16.8. The van der Waals surface area contributed by atoms with Gasteiger partial charge in [0.15, 0.2) is 0 Å². The lowest BCUT2D eigenvalue weighted by Gasteiger charge is -2.10. The quantitative estimate of drug-likeness (QED) is 0.445. The van der Waals surface area contributed by atoms with Gasteiger partial charge < -0.3 is 14.8 Å². The van der Waals surface area contributed by atoms with E-state index in [2.05, 4.69) is 15.8 Å². The number of hydrogen-bond acceptors (Lipinski definition) is 5. The van der Waals surface area contributed by atoms with Crippen molar-refractivity contribution in [3.05, 3.63) is 71.8 Å². The van der Waals surface area contributed by atoms with Crippen LogP contribution in [0.1, 0.15) is 22.8 Å². The fraction of sp³-hybridized carbons (Fsp3) is 0.174. The molecule has 0 aliphatic carbocycles. The van der Waals surface area contributed by atoms with E-state index < -0.39 is 5.91 Å². The summed E-state index contributed by atoms with van der Waals surface area (Å²) >= 11 is 0. The Morgan fingerprint density at radius 3 is 2.70 bits per heavy atom. The van der Waals surface area contributed by atoms with E-state index in [9.17, 15) is 9.59 Å². The van der Waals surface area contributed by atoms with Gasteiger partial charge in [-0.25, -0.2) is 5.43 Å². The number of ether oxygens (including phenoxy) is 2. The smallest absolute Gasteiger partial charge is 0.259 e. The highest BCUT2D eigenvalue weighted by Gasteiger charge is 2.09. The third kappa shape index (κ3) is 5.14. The van der Waals surface area contributed by atoms with Crippen molar-refractivity contribution in [2.24, 2.45) is 5.10 Å². The van der Waals surface area contributed by atoms with Crippen LogP contribution in [0.25, 0.3) is 10.8 Å². The van der Waals surface area contributed by atoms with Crippen LogP contribution in [0.2, 0.25) is 0 Å². The lowest BCUT2D eigenvalue weighted by atomic mass is 10.0. The second-order valence-corrected chi connectivity index (χ2v) is 6.34. The molecule has 0 aliphatic rings. The van der Waals surface area contributed by atoms with Crippen LogP contribution in [0.15, 0.2) is 65.8 Å². The third-order valence-electron chi connectivity index (χ3n) is 4.35. The minimum atomic E-state index is -0.444.